The number of halogens is 2. The number of aromatic hydroxyl groups is 1. The maximum absolute atomic E-state index is 15.2. The molecular weight excluding hydrogens is 1380 g/mol. The number of aliphatic carboxylic acids is 1. The molecule has 0 spiro atoms. The largest absolute Gasteiger partial charge is 0.508 e. The molecule has 2 saturated carbocycles. The number of nitrogens with zero attached hydrogens (tertiary/aromatic N) is 2. The lowest BCUT2D eigenvalue weighted by atomic mass is 9.75. The Morgan fingerprint density at radius 1 is 0.692 bits per heavy atom. The van der Waals surface area contributed by atoms with Gasteiger partial charge in [-0.05, 0) is 158 Å². The maximum atomic E-state index is 15.2. The van der Waals surface area contributed by atoms with Gasteiger partial charge in [0.05, 0.1) is 31.3 Å². The Labute approximate surface area is 608 Å². The van der Waals surface area contributed by atoms with Crippen molar-refractivity contribution in [3.63, 3.8) is 0 Å². The highest BCUT2D eigenvalue weighted by atomic mass is 32.2. The van der Waals surface area contributed by atoms with Crippen molar-refractivity contribution in [3.05, 3.63) is 131 Å². The van der Waals surface area contributed by atoms with Crippen LogP contribution >= 0.6 is 23.5 Å². The molecule has 4 heterocycles. The Balaban J connectivity index is 0.966. The first-order valence-corrected chi connectivity index (χ1v) is 37.8. The van der Waals surface area contributed by atoms with Gasteiger partial charge in [-0.25, -0.2) is 13.8 Å². The molecule has 1 saturated heterocycles. The van der Waals surface area contributed by atoms with Crippen LogP contribution in [0.5, 0.6) is 5.75 Å². The second-order valence-corrected chi connectivity index (χ2v) is 29.8. The Morgan fingerprint density at radius 2 is 1.41 bits per heavy atom. The van der Waals surface area contributed by atoms with Crippen LogP contribution in [0.1, 0.15) is 118 Å². The third kappa shape index (κ3) is 21.4. The average molecular weight is 1470 g/mol. The molecule has 2 aromatic heterocycles. The number of aromatic amines is 2. The van der Waals surface area contributed by atoms with Gasteiger partial charge in [-0.1, -0.05) is 48.5 Å². The van der Waals surface area contributed by atoms with Crippen molar-refractivity contribution in [1.29, 1.82) is 0 Å². The molecule has 6 aromatic rings. The number of fused-ring (bicyclic) bond motifs is 5. The van der Waals surface area contributed by atoms with Gasteiger partial charge < -0.3 is 73.8 Å². The molecule has 10 rings (SSSR count). The van der Waals surface area contributed by atoms with E-state index >= 15 is 28.0 Å². The number of carboxylic acid groups (broad SMARTS) is 1. The number of rotatable bonds is 15. The predicted octanol–water partition coefficient (Wildman–Crippen LogP) is 4.72. The minimum absolute atomic E-state index is 0.0219. The number of aromatic nitrogens is 3. The second kappa shape index (κ2) is 36.8. The number of carboxylic acids is 1. The molecule has 104 heavy (non-hydrogen) atoms. The Hall–Kier alpha value is -9.42. The number of nitrogens with one attached hydrogen (secondary N) is 9. The van der Waals surface area contributed by atoms with Gasteiger partial charge in [0.15, 0.2) is 5.78 Å². The number of carbonyl (C=O) groups is 11. The van der Waals surface area contributed by atoms with Crippen LogP contribution in [-0.4, -0.2) is 175 Å². The zero-order chi connectivity index (χ0) is 74.0. The molecule has 26 nitrogen and oxygen atoms in total. The summed E-state index contributed by atoms with van der Waals surface area (Å²) in [6, 6.07) is 12.2. The zero-order valence-electron chi connectivity index (χ0n) is 57.6. The fourth-order valence-electron chi connectivity index (χ4n) is 14.7. The first-order valence-electron chi connectivity index (χ1n) is 35.5. The summed E-state index contributed by atoms with van der Waals surface area (Å²) < 4.78 is 30.2. The van der Waals surface area contributed by atoms with Gasteiger partial charge in [-0.2, -0.15) is 23.5 Å². The van der Waals surface area contributed by atoms with E-state index in [9.17, 15) is 43.8 Å². The minimum Gasteiger partial charge on any atom is -0.508 e. The third-order valence-corrected chi connectivity index (χ3v) is 22.3. The quantitative estimate of drug-likeness (QED) is 0.0618. The summed E-state index contributed by atoms with van der Waals surface area (Å²) in [6.45, 7) is -0.282. The van der Waals surface area contributed by atoms with Gasteiger partial charge in [0, 0.05) is 90.7 Å². The van der Waals surface area contributed by atoms with E-state index in [-0.39, 0.29) is 87.2 Å². The van der Waals surface area contributed by atoms with Gasteiger partial charge in [0.2, 0.25) is 53.2 Å². The standard InChI is InChI=1S/C74H91F2N13O13S2/c75-50-15-14-45-12-13-46(54(45)31-50)27-59-71(99)85-58(28-49-34-80-56-19-16-51(76)32-55(49)56)64(91)29-48(30-67(94)95)69(97)86-60(33-52-35-79-40-82-52)72(100)87-61(26-41-8-17-53(90)18-9-41)74(102)89-22-3-5-63(89)73(101)88-62(68(78)96)39-104-38-43-7-11-44-10-6-42(24-47(44)25-43)37-103-23-20-65(92)83-57(4-1-2-21-77)70(98)81-36-66(93)84-59/h6-11,16-19,24-25,32,34-35,40,45-46,48,50,54,57-63,80,90H,1-5,12-15,20-23,26-31,33,36-39,77H2,(H2,78,96)(H,79,82)(H,81,98)(H,83,92)(H,84,93)(H,85,99)(H,86,97)(H,87,100)(H,88,101)(H,94,95)/t45?,46?,48-,50?,54?,57-,58-,59-,60-,61-,62-,63-/m0/s1. The van der Waals surface area contributed by atoms with Crippen molar-refractivity contribution in [1.82, 2.24) is 57.1 Å². The molecule has 4 aromatic carbocycles. The number of imidazole rings is 1. The number of thioether (sulfide) groups is 2. The van der Waals surface area contributed by atoms with Crippen LogP contribution in [0.15, 0.2) is 97.6 Å². The smallest absolute Gasteiger partial charge is 0.304 e. The van der Waals surface area contributed by atoms with Crippen LogP contribution in [0.25, 0.3) is 21.7 Å². The van der Waals surface area contributed by atoms with E-state index in [1.807, 2.05) is 36.4 Å². The Morgan fingerprint density at radius 3 is 2.14 bits per heavy atom. The van der Waals surface area contributed by atoms with Crippen molar-refractivity contribution in [2.75, 3.05) is 31.1 Å². The number of H-pyrrole nitrogens is 2. The molecule has 12 atom stereocenters. The monoisotopic (exact) mass is 1470 g/mol. The van der Waals surface area contributed by atoms with E-state index in [4.69, 9.17) is 11.5 Å². The van der Waals surface area contributed by atoms with Crippen LogP contribution in [0.2, 0.25) is 0 Å². The van der Waals surface area contributed by atoms with E-state index in [1.54, 1.807) is 0 Å². The highest BCUT2D eigenvalue weighted by Crippen LogP contribution is 2.48. The molecule has 556 valence electrons. The number of hydrogen-bond donors (Lipinski definition) is 13. The average Bonchev–Trinajstić information content (AvgIpc) is 1.62. The number of amides is 9. The van der Waals surface area contributed by atoms with Gasteiger partial charge in [-0.3, -0.25) is 52.7 Å². The first-order chi connectivity index (χ1) is 50.0. The van der Waals surface area contributed by atoms with Crippen LogP contribution < -0.4 is 48.7 Å². The topological polar surface area (TPSA) is 412 Å². The van der Waals surface area contributed by atoms with E-state index < -0.39 is 145 Å². The lowest BCUT2D eigenvalue weighted by molar-refractivity contribution is -0.143. The SMILES string of the molecule is NCCCC[C@@H]1NC(=O)CCSCc2ccc3ccc(cc3c2)CSC[C@@H](C(N)=O)NC(=O)[C@@H]2CCCN2C(=O)[C@H](Cc2ccc(O)cc2)NC(=O)[C@H](Cc2cnc[nH]2)NC(=O)[C@H](CC(=O)O)CC(=O)[C@H](Cc2c[nH]c3ccc(F)cc23)NC(=O)[C@H](CC2CCC3CCC(F)CC32)NC(=O)CNC1=O. The normalized spacial score (nSPS) is 26.0. The van der Waals surface area contributed by atoms with Gasteiger partial charge >= 0.3 is 5.97 Å². The van der Waals surface area contributed by atoms with Crippen LogP contribution in [0, 0.1) is 29.5 Å². The van der Waals surface area contributed by atoms with E-state index in [1.165, 1.54) is 89.6 Å². The molecule has 0 radical (unpaired) electrons. The number of alkyl halides is 1. The molecule has 2 aliphatic heterocycles. The molecular formula is C74H91F2N13O13S2. The van der Waals surface area contributed by atoms with Gasteiger partial charge in [0.1, 0.15) is 54.0 Å². The molecule has 4 aliphatic rings. The summed E-state index contributed by atoms with van der Waals surface area (Å²) in [4.78, 5) is 169. The van der Waals surface area contributed by atoms with Crippen molar-refractivity contribution in [3.8, 4) is 5.75 Å². The first kappa shape index (κ1) is 77.2. The molecule has 30 heteroatoms. The van der Waals surface area contributed by atoms with Gasteiger partial charge in [0.25, 0.3) is 0 Å². The minimum atomic E-state index is -1.76. The molecule has 3 bridgehead atoms. The Kier molecular flexibility index (Phi) is 27.3. The second-order valence-electron chi connectivity index (χ2n) is 27.6. The summed E-state index contributed by atoms with van der Waals surface area (Å²) >= 11 is 2.87. The number of primary amides is 1. The lowest BCUT2D eigenvalue weighted by Gasteiger charge is -2.33. The molecule has 4 unspecified atom stereocenters. The van der Waals surface area contributed by atoms with Crippen molar-refractivity contribution in [2.45, 2.75) is 169 Å². The van der Waals surface area contributed by atoms with Crippen LogP contribution in [0.3, 0.4) is 0 Å². The number of phenols is 1. The molecule has 2 aliphatic carbocycles. The fraction of sp³-hybridized carbons (Fsp3) is 0.486. The number of carbonyl (C=O) groups excluding carboxylic acids is 10. The number of benzene rings is 4. The molecule has 9 amide bonds. The van der Waals surface area contributed by atoms with E-state index in [0.717, 1.165) is 28.3 Å². The van der Waals surface area contributed by atoms with Gasteiger partial charge in [-0.15, -0.1) is 0 Å². The predicted molar refractivity (Wildman–Crippen MR) is 387 cm³/mol. The summed E-state index contributed by atoms with van der Waals surface area (Å²) in [6.07, 6.45) is 4.65. The molecule has 15 N–H and O–H groups in total. The van der Waals surface area contributed by atoms with Crippen molar-refractivity contribution < 1.29 is 71.7 Å². The lowest BCUT2D eigenvalue weighted by Crippen LogP contribution is -2.59. The van der Waals surface area contributed by atoms with E-state index in [2.05, 4.69) is 52.2 Å². The maximum Gasteiger partial charge on any atom is 0.304 e. The van der Waals surface area contributed by atoms with E-state index in [0.29, 0.717) is 90.1 Å². The Bertz CT molecular complexity index is 4070. The van der Waals surface area contributed by atoms with Crippen LogP contribution in [0.4, 0.5) is 8.78 Å². The fourth-order valence-corrected chi connectivity index (χ4v) is 16.6. The molecule has 3 fully saturated rings. The van der Waals surface area contributed by atoms with Crippen molar-refractivity contribution >= 4 is 110 Å². The number of phenolic OH excluding ortho intramolecular Hbond substituents is 1. The van der Waals surface area contributed by atoms with Crippen LogP contribution in [-0.2, 0) is 83.5 Å². The summed E-state index contributed by atoms with van der Waals surface area (Å²) in [7, 11) is 0. The number of Topliss-reactive ketones (excluding diaryl/α,β-unsaturated/α-hetero) is 1. The summed E-state index contributed by atoms with van der Waals surface area (Å²) in [5.41, 5.74) is 15.2. The van der Waals surface area contributed by atoms with Crippen molar-refractivity contribution in [2.24, 2.45) is 35.1 Å². The number of nitrogens with two attached hydrogens (primary N) is 2. The third-order valence-electron chi connectivity index (χ3n) is 20.2. The number of unbranched alkanes of at least 4 members (excludes halogenated alkanes) is 1. The number of hydrogen-bond acceptors (Lipinski definition) is 16. The zero-order valence-corrected chi connectivity index (χ0v) is 59.3. The highest BCUT2D eigenvalue weighted by molar-refractivity contribution is 7.98. The summed E-state index contributed by atoms with van der Waals surface area (Å²) in [5, 5.41) is 42.0. The number of ketones is 1. The highest BCUT2D eigenvalue weighted by Gasteiger charge is 2.44. The summed E-state index contributed by atoms with van der Waals surface area (Å²) in [5.74, 6) is -10.8.